The number of benzene rings is 1. The second kappa shape index (κ2) is 4.98. The normalized spacial score (nSPS) is 17.1. The lowest BCUT2D eigenvalue weighted by molar-refractivity contribution is -0.118. The molecule has 1 aromatic rings. The summed E-state index contributed by atoms with van der Waals surface area (Å²) in [6, 6.07) is 7.50. The summed E-state index contributed by atoms with van der Waals surface area (Å²) in [6.45, 7) is 0. The second-order valence-electron chi connectivity index (χ2n) is 4.55. The quantitative estimate of drug-likeness (QED) is 0.856. The van der Waals surface area contributed by atoms with E-state index < -0.39 is 0 Å². The highest BCUT2D eigenvalue weighted by Gasteiger charge is 2.29. The molecule has 1 aromatic carbocycles. The molecule has 2 N–H and O–H groups in total. The van der Waals surface area contributed by atoms with E-state index in [1.165, 1.54) is 12.8 Å². The van der Waals surface area contributed by atoms with Gasteiger partial charge in [-0.25, -0.2) is 0 Å². The first kappa shape index (κ1) is 11.6. The van der Waals surface area contributed by atoms with Crippen LogP contribution in [0.5, 0.6) is 0 Å². The van der Waals surface area contributed by atoms with Crippen LogP contribution in [0.25, 0.3) is 0 Å². The third-order valence-electron chi connectivity index (χ3n) is 2.98. The zero-order chi connectivity index (χ0) is 11.5. The summed E-state index contributed by atoms with van der Waals surface area (Å²) in [5, 5.41) is 0.678. The Balaban J connectivity index is 1.86. The Kier molecular flexibility index (Phi) is 3.62. The molecule has 1 aliphatic rings. The van der Waals surface area contributed by atoms with Crippen molar-refractivity contribution in [3.05, 3.63) is 34.9 Å². The number of hydrogen-bond acceptors (Lipinski definition) is 2. The van der Waals surface area contributed by atoms with E-state index in [1.807, 2.05) is 24.3 Å². The lowest BCUT2D eigenvalue weighted by atomic mass is 10.0. The number of carbonyl (C=O) groups excluding carboxylic acids is 1. The van der Waals surface area contributed by atoms with Gasteiger partial charge in [-0.15, -0.1) is 0 Å². The van der Waals surface area contributed by atoms with E-state index in [1.54, 1.807) is 0 Å². The average Bonchev–Trinajstić information content (AvgIpc) is 2.99. The molecule has 0 radical (unpaired) electrons. The number of carbonyl (C=O) groups is 1. The van der Waals surface area contributed by atoms with Gasteiger partial charge in [0.2, 0.25) is 0 Å². The molecule has 16 heavy (non-hydrogen) atoms. The summed E-state index contributed by atoms with van der Waals surface area (Å²) < 4.78 is 0. The van der Waals surface area contributed by atoms with E-state index in [9.17, 15) is 4.79 Å². The van der Waals surface area contributed by atoms with Gasteiger partial charge in [0.05, 0.1) is 0 Å². The molecular weight excluding hydrogens is 222 g/mol. The Morgan fingerprint density at radius 2 is 2.25 bits per heavy atom. The van der Waals surface area contributed by atoms with E-state index in [0.717, 1.165) is 5.56 Å². The topological polar surface area (TPSA) is 43.1 Å². The largest absolute Gasteiger partial charge is 0.327 e. The van der Waals surface area contributed by atoms with Gasteiger partial charge in [0.1, 0.15) is 5.78 Å². The summed E-state index contributed by atoms with van der Waals surface area (Å²) in [4.78, 5) is 11.7. The van der Waals surface area contributed by atoms with Crippen LogP contribution in [0, 0.1) is 5.92 Å². The van der Waals surface area contributed by atoms with Crippen molar-refractivity contribution < 1.29 is 4.79 Å². The molecule has 2 nitrogen and oxygen atoms in total. The maximum atomic E-state index is 11.7. The van der Waals surface area contributed by atoms with Crippen LogP contribution in [0.15, 0.2) is 24.3 Å². The fourth-order valence-corrected chi connectivity index (χ4v) is 2.11. The van der Waals surface area contributed by atoms with Crippen molar-refractivity contribution in [2.45, 2.75) is 31.7 Å². The fraction of sp³-hybridized carbons (Fsp3) is 0.462. The van der Waals surface area contributed by atoms with E-state index in [0.29, 0.717) is 23.8 Å². The number of rotatable bonds is 5. The van der Waals surface area contributed by atoms with Gasteiger partial charge in [0.15, 0.2) is 0 Å². The fourth-order valence-electron chi connectivity index (χ4n) is 1.90. The summed E-state index contributed by atoms with van der Waals surface area (Å²) >= 11 is 5.86. The minimum absolute atomic E-state index is 0.0617. The minimum atomic E-state index is 0.0617. The van der Waals surface area contributed by atoms with Crippen LogP contribution in [-0.4, -0.2) is 11.8 Å². The van der Waals surface area contributed by atoms with Crippen LogP contribution in [-0.2, 0) is 11.2 Å². The highest BCUT2D eigenvalue weighted by molar-refractivity contribution is 6.30. The van der Waals surface area contributed by atoms with Gasteiger partial charge in [-0.05, 0) is 36.5 Å². The molecule has 0 bridgehead atoms. The predicted octanol–water partition coefficient (Wildman–Crippen LogP) is 2.58. The Morgan fingerprint density at radius 1 is 1.50 bits per heavy atom. The van der Waals surface area contributed by atoms with Crippen LogP contribution in [0.4, 0.5) is 0 Å². The van der Waals surface area contributed by atoms with Crippen LogP contribution >= 0.6 is 11.6 Å². The van der Waals surface area contributed by atoms with Crippen LogP contribution in [0.3, 0.4) is 0 Å². The smallest absolute Gasteiger partial charge is 0.138 e. The summed E-state index contributed by atoms with van der Waals surface area (Å²) in [6.07, 6.45) is 3.31. The van der Waals surface area contributed by atoms with Crippen LogP contribution in [0.1, 0.15) is 24.8 Å². The minimum Gasteiger partial charge on any atom is -0.327 e. The lowest BCUT2D eigenvalue weighted by Gasteiger charge is -2.08. The zero-order valence-electron chi connectivity index (χ0n) is 9.16. The maximum absolute atomic E-state index is 11.7. The van der Waals surface area contributed by atoms with Gasteiger partial charge in [-0.2, -0.15) is 0 Å². The first-order chi connectivity index (χ1) is 7.65. The van der Waals surface area contributed by atoms with Gasteiger partial charge < -0.3 is 5.73 Å². The Bertz CT molecular complexity index is 387. The van der Waals surface area contributed by atoms with Gasteiger partial charge in [0.25, 0.3) is 0 Å². The first-order valence-corrected chi connectivity index (χ1v) is 6.04. The van der Waals surface area contributed by atoms with Crippen molar-refractivity contribution >= 4 is 17.4 Å². The highest BCUT2D eigenvalue weighted by Crippen LogP contribution is 2.33. The number of Topliss-reactive ketones (excluding diaryl/α,β-unsaturated/α-hetero) is 1. The molecule has 1 aliphatic carbocycles. The molecule has 0 aliphatic heterocycles. The summed E-state index contributed by atoms with van der Waals surface area (Å²) in [5.41, 5.74) is 6.89. The number of halogens is 1. The van der Waals surface area contributed by atoms with E-state index in [4.69, 9.17) is 17.3 Å². The third kappa shape index (κ3) is 3.32. The molecule has 1 saturated carbocycles. The molecule has 1 unspecified atom stereocenters. The van der Waals surface area contributed by atoms with E-state index >= 15 is 0 Å². The molecule has 0 spiro atoms. The molecular formula is C13H16ClNO. The number of ketones is 1. The van der Waals surface area contributed by atoms with Gasteiger partial charge >= 0.3 is 0 Å². The molecule has 0 aromatic heterocycles. The van der Waals surface area contributed by atoms with Crippen molar-refractivity contribution in [2.75, 3.05) is 0 Å². The molecule has 0 amide bonds. The molecule has 3 heteroatoms. The lowest BCUT2D eigenvalue weighted by Crippen LogP contribution is -2.26. The maximum Gasteiger partial charge on any atom is 0.138 e. The van der Waals surface area contributed by atoms with Crippen molar-refractivity contribution in [1.82, 2.24) is 0 Å². The highest BCUT2D eigenvalue weighted by atomic mass is 35.5. The molecule has 1 fully saturated rings. The predicted molar refractivity (Wildman–Crippen MR) is 65.5 cm³/mol. The van der Waals surface area contributed by atoms with E-state index in [2.05, 4.69) is 0 Å². The second-order valence-corrected chi connectivity index (χ2v) is 4.99. The van der Waals surface area contributed by atoms with Crippen molar-refractivity contribution in [2.24, 2.45) is 11.7 Å². The zero-order valence-corrected chi connectivity index (χ0v) is 9.91. The molecule has 0 heterocycles. The molecule has 1 atom stereocenters. The van der Waals surface area contributed by atoms with Gasteiger partial charge in [-0.3, -0.25) is 4.79 Å². The van der Waals surface area contributed by atoms with Crippen LogP contribution < -0.4 is 5.73 Å². The number of nitrogens with two attached hydrogens (primary N) is 1. The van der Waals surface area contributed by atoms with Crippen molar-refractivity contribution in [3.63, 3.8) is 0 Å². The Labute approximate surface area is 101 Å². The summed E-state index contributed by atoms with van der Waals surface area (Å²) in [5.74, 6) is 0.796. The standard InChI is InChI=1S/C13H16ClNO/c14-11-3-1-2-9(6-11)7-12(16)8-13(15)10-4-5-10/h1-3,6,10,13H,4-5,7-8,15H2. The molecule has 86 valence electrons. The molecule has 0 saturated heterocycles. The van der Waals surface area contributed by atoms with Crippen molar-refractivity contribution in [1.29, 1.82) is 0 Å². The average molecular weight is 238 g/mol. The van der Waals surface area contributed by atoms with Crippen molar-refractivity contribution in [3.8, 4) is 0 Å². The summed E-state index contributed by atoms with van der Waals surface area (Å²) in [7, 11) is 0. The van der Waals surface area contributed by atoms with Crippen LogP contribution in [0.2, 0.25) is 5.02 Å². The SMILES string of the molecule is NC(CC(=O)Cc1cccc(Cl)c1)C1CC1. The van der Waals surface area contributed by atoms with Gasteiger partial charge in [-0.1, -0.05) is 23.7 Å². The molecule has 2 rings (SSSR count). The van der Waals surface area contributed by atoms with Gasteiger partial charge in [0, 0.05) is 23.9 Å². The Morgan fingerprint density at radius 3 is 2.88 bits per heavy atom. The van der Waals surface area contributed by atoms with E-state index in [-0.39, 0.29) is 11.8 Å². The monoisotopic (exact) mass is 237 g/mol. The Hall–Kier alpha value is -0.860. The first-order valence-electron chi connectivity index (χ1n) is 5.67. The third-order valence-corrected chi connectivity index (χ3v) is 3.22. The number of hydrogen-bond donors (Lipinski definition) is 1.